The van der Waals surface area contributed by atoms with E-state index in [1.165, 1.54) is 24.7 Å². The Morgan fingerprint density at radius 3 is 2.44 bits per heavy atom. The maximum Gasteiger partial charge on any atom is 0.191 e. The zero-order chi connectivity index (χ0) is 17.8. The second-order valence-electron chi connectivity index (χ2n) is 6.26. The van der Waals surface area contributed by atoms with Crippen LogP contribution in [0.2, 0.25) is 0 Å². The van der Waals surface area contributed by atoms with Gasteiger partial charge in [0.2, 0.25) is 0 Å². The molecular weight excluding hydrogens is 449 g/mol. The molecule has 0 aliphatic rings. The quantitative estimate of drug-likeness (QED) is 0.233. The topological polar surface area (TPSA) is 70.6 Å². The van der Waals surface area contributed by atoms with E-state index in [0.29, 0.717) is 6.42 Å². The van der Waals surface area contributed by atoms with Crippen molar-refractivity contribution in [1.82, 2.24) is 10.6 Å². The van der Waals surface area contributed by atoms with Gasteiger partial charge in [0, 0.05) is 25.9 Å². The summed E-state index contributed by atoms with van der Waals surface area (Å²) < 4.78 is 22.4. The average molecular weight is 481 g/mol. The number of unbranched alkanes of at least 4 members (excludes halogenated alkanes) is 2. The van der Waals surface area contributed by atoms with Crippen LogP contribution in [0, 0.1) is 0 Å². The standard InChI is InChI=1S/C18H31N3O2S.HI/c1-16(13-15-24(3,22)23)21-18(19-2)20-14-9-5-8-12-17-10-6-4-7-11-17;/h4,6-7,10-11,16H,5,8-9,12-15H2,1-3H3,(H2,19,20,21);1H. The predicted octanol–water partition coefficient (Wildman–Crippen LogP) is 3.01. The molecule has 0 heterocycles. The summed E-state index contributed by atoms with van der Waals surface area (Å²) in [6.07, 6.45) is 6.41. The van der Waals surface area contributed by atoms with Gasteiger partial charge in [-0.3, -0.25) is 4.99 Å². The molecular formula is C18H32IN3O2S. The normalized spacial score (nSPS) is 13.0. The third-order valence-electron chi connectivity index (χ3n) is 3.81. The van der Waals surface area contributed by atoms with Crippen LogP contribution in [0.1, 0.15) is 38.2 Å². The van der Waals surface area contributed by atoms with Crippen molar-refractivity contribution in [2.45, 2.75) is 45.1 Å². The lowest BCUT2D eigenvalue weighted by Crippen LogP contribution is -2.43. The maximum absolute atomic E-state index is 11.2. The number of nitrogens with zero attached hydrogens (tertiary/aromatic N) is 1. The molecule has 0 aliphatic heterocycles. The number of halogens is 1. The van der Waals surface area contributed by atoms with Crippen molar-refractivity contribution in [2.75, 3.05) is 25.6 Å². The van der Waals surface area contributed by atoms with E-state index in [1.807, 2.05) is 13.0 Å². The zero-order valence-corrected chi connectivity index (χ0v) is 18.6. The lowest BCUT2D eigenvalue weighted by atomic mass is 10.1. The van der Waals surface area contributed by atoms with Gasteiger partial charge in [-0.1, -0.05) is 36.8 Å². The first-order chi connectivity index (χ1) is 11.4. The van der Waals surface area contributed by atoms with Crippen LogP contribution in [0.25, 0.3) is 0 Å². The zero-order valence-electron chi connectivity index (χ0n) is 15.5. The van der Waals surface area contributed by atoms with Crippen molar-refractivity contribution >= 4 is 39.8 Å². The highest BCUT2D eigenvalue weighted by Crippen LogP contribution is 2.05. The summed E-state index contributed by atoms with van der Waals surface area (Å²) in [4.78, 5) is 4.18. The van der Waals surface area contributed by atoms with Crippen LogP contribution in [0.5, 0.6) is 0 Å². The smallest absolute Gasteiger partial charge is 0.191 e. The highest BCUT2D eigenvalue weighted by atomic mass is 127. The largest absolute Gasteiger partial charge is 0.356 e. The van der Waals surface area contributed by atoms with E-state index in [4.69, 9.17) is 0 Å². The summed E-state index contributed by atoms with van der Waals surface area (Å²) in [7, 11) is -1.18. The fraction of sp³-hybridized carbons (Fsp3) is 0.611. The Morgan fingerprint density at radius 2 is 1.84 bits per heavy atom. The van der Waals surface area contributed by atoms with Crippen LogP contribution in [0.3, 0.4) is 0 Å². The molecule has 1 aromatic rings. The Labute approximate surface area is 170 Å². The summed E-state index contributed by atoms with van der Waals surface area (Å²) in [5.41, 5.74) is 1.39. The minimum Gasteiger partial charge on any atom is -0.356 e. The highest BCUT2D eigenvalue weighted by Gasteiger charge is 2.09. The molecule has 2 N–H and O–H groups in total. The molecule has 1 atom stereocenters. The summed E-state index contributed by atoms with van der Waals surface area (Å²) in [6, 6.07) is 10.6. The fourth-order valence-electron chi connectivity index (χ4n) is 2.37. The Hall–Kier alpha value is -0.830. The Balaban J connectivity index is 0.00000576. The van der Waals surface area contributed by atoms with Crippen molar-refractivity contribution in [3.05, 3.63) is 35.9 Å². The van der Waals surface area contributed by atoms with Gasteiger partial charge in [-0.05, 0) is 38.2 Å². The number of guanidine groups is 1. The van der Waals surface area contributed by atoms with E-state index in [9.17, 15) is 8.42 Å². The van der Waals surface area contributed by atoms with Crippen LogP contribution < -0.4 is 10.6 Å². The van der Waals surface area contributed by atoms with Gasteiger partial charge < -0.3 is 10.6 Å². The molecule has 1 unspecified atom stereocenters. The van der Waals surface area contributed by atoms with Crippen molar-refractivity contribution in [2.24, 2.45) is 4.99 Å². The Bertz CT molecular complexity index is 592. The minimum atomic E-state index is -2.91. The van der Waals surface area contributed by atoms with Gasteiger partial charge in [0.25, 0.3) is 0 Å². The van der Waals surface area contributed by atoms with E-state index in [0.717, 1.165) is 25.3 Å². The van der Waals surface area contributed by atoms with E-state index in [2.05, 4.69) is 39.9 Å². The highest BCUT2D eigenvalue weighted by molar-refractivity contribution is 14.0. The fourth-order valence-corrected chi connectivity index (χ4v) is 3.16. The van der Waals surface area contributed by atoms with Gasteiger partial charge in [0.05, 0.1) is 5.75 Å². The number of rotatable bonds is 10. The SMILES string of the molecule is CN=C(NCCCCCc1ccccc1)NC(C)CCS(C)(=O)=O.I. The summed E-state index contributed by atoms with van der Waals surface area (Å²) >= 11 is 0. The summed E-state index contributed by atoms with van der Waals surface area (Å²) in [5, 5.41) is 6.52. The molecule has 0 radical (unpaired) electrons. The number of aryl methyl sites for hydroxylation is 1. The molecule has 0 saturated carbocycles. The van der Waals surface area contributed by atoms with E-state index >= 15 is 0 Å². The number of sulfone groups is 1. The van der Waals surface area contributed by atoms with Crippen LogP contribution in [0.4, 0.5) is 0 Å². The summed E-state index contributed by atoms with van der Waals surface area (Å²) in [5.74, 6) is 0.927. The number of aliphatic imine (C=N–C) groups is 1. The van der Waals surface area contributed by atoms with Crippen LogP contribution in [-0.4, -0.2) is 46.0 Å². The van der Waals surface area contributed by atoms with Gasteiger partial charge in [-0.15, -0.1) is 24.0 Å². The molecule has 0 aromatic heterocycles. The summed E-state index contributed by atoms with van der Waals surface area (Å²) in [6.45, 7) is 2.84. The molecule has 0 bridgehead atoms. The monoisotopic (exact) mass is 481 g/mol. The van der Waals surface area contributed by atoms with Crippen molar-refractivity contribution in [3.63, 3.8) is 0 Å². The first kappa shape index (κ1) is 24.2. The Morgan fingerprint density at radius 1 is 1.16 bits per heavy atom. The minimum absolute atomic E-state index is 0. The van der Waals surface area contributed by atoms with E-state index < -0.39 is 9.84 Å². The van der Waals surface area contributed by atoms with Gasteiger partial charge in [-0.25, -0.2) is 8.42 Å². The van der Waals surface area contributed by atoms with Crippen molar-refractivity contribution < 1.29 is 8.42 Å². The maximum atomic E-state index is 11.2. The van der Waals surface area contributed by atoms with Crippen molar-refractivity contribution in [3.8, 4) is 0 Å². The van der Waals surface area contributed by atoms with Crippen LogP contribution in [-0.2, 0) is 16.3 Å². The van der Waals surface area contributed by atoms with Gasteiger partial charge in [-0.2, -0.15) is 0 Å². The second-order valence-corrected chi connectivity index (χ2v) is 8.52. The van der Waals surface area contributed by atoms with Crippen molar-refractivity contribution in [1.29, 1.82) is 0 Å². The third-order valence-corrected chi connectivity index (χ3v) is 4.78. The molecule has 0 saturated heterocycles. The first-order valence-corrected chi connectivity index (χ1v) is 10.7. The molecule has 144 valence electrons. The van der Waals surface area contributed by atoms with E-state index in [-0.39, 0.29) is 35.8 Å². The predicted molar refractivity (Wildman–Crippen MR) is 118 cm³/mol. The van der Waals surface area contributed by atoms with E-state index in [1.54, 1.807) is 7.05 Å². The molecule has 25 heavy (non-hydrogen) atoms. The second kappa shape index (κ2) is 13.4. The molecule has 0 spiro atoms. The van der Waals surface area contributed by atoms with Gasteiger partial charge >= 0.3 is 0 Å². The molecule has 0 fully saturated rings. The number of hydrogen-bond donors (Lipinski definition) is 2. The molecule has 0 aliphatic carbocycles. The number of nitrogens with one attached hydrogen (secondary N) is 2. The lowest BCUT2D eigenvalue weighted by molar-refractivity contribution is 0.579. The van der Waals surface area contributed by atoms with Crippen LogP contribution in [0.15, 0.2) is 35.3 Å². The average Bonchev–Trinajstić information content (AvgIpc) is 2.55. The first-order valence-electron chi connectivity index (χ1n) is 8.59. The van der Waals surface area contributed by atoms with Crippen LogP contribution >= 0.6 is 24.0 Å². The number of hydrogen-bond acceptors (Lipinski definition) is 3. The number of benzene rings is 1. The lowest BCUT2D eigenvalue weighted by Gasteiger charge is -2.17. The molecule has 1 rings (SSSR count). The molecule has 7 heteroatoms. The van der Waals surface area contributed by atoms with Gasteiger partial charge in [0.1, 0.15) is 9.84 Å². The third kappa shape index (κ3) is 13.1. The molecule has 1 aromatic carbocycles. The molecule has 5 nitrogen and oxygen atoms in total. The Kier molecular flexibility index (Phi) is 12.9. The molecule has 0 amide bonds. The van der Waals surface area contributed by atoms with Gasteiger partial charge in [0.15, 0.2) is 5.96 Å².